The largest absolute Gasteiger partial charge is 0.353 e. The van der Waals surface area contributed by atoms with Crippen molar-refractivity contribution >= 4 is 15.9 Å². The Balaban J connectivity index is 4.04. The summed E-state index contributed by atoms with van der Waals surface area (Å²) in [5.41, 5.74) is -0.685. The van der Waals surface area contributed by atoms with Gasteiger partial charge in [0, 0.05) is 12.1 Å². The summed E-state index contributed by atoms with van der Waals surface area (Å²) >= 11 is 0. The molecule has 0 fully saturated rings. The first-order chi connectivity index (χ1) is 7.16. The second-order valence-corrected chi connectivity index (χ2v) is 6.06. The molecule has 96 valence electrons. The molecule has 0 aliphatic rings. The van der Waals surface area contributed by atoms with Crippen molar-refractivity contribution in [2.75, 3.05) is 25.9 Å². The van der Waals surface area contributed by atoms with Gasteiger partial charge >= 0.3 is 0 Å². The second-order valence-electron chi connectivity index (χ2n) is 4.32. The molecule has 0 heterocycles. The molecule has 0 atom stereocenters. The van der Waals surface area contributed by atoms with Crippen LogP contribution in [0.3, 0.4) is 0 Å². The van der Waals surface area contributed by atoms with Gasteiger partial charge in [-0.05, 0) is 20.4 Å². The molecule has 0 radical (unpaired) electrons. The quantitative estimate of drug-likeness (QED) is 0.544. The molecule has 0 unspecified atom stereocenters. The first-order valence-corrected chi connectivity index (χ1v) is 7.02. The van der Waals surface area contributed by atoms with Gasteiger partial charge in [-0.3, -0.25) is 4.79 Å². The molecule has 0 spiro atoms. The fourth-order valence-corrected chi connectivity index (χ4v) is 2.23. The molecule has 0 saturated carbocycles. The normalized spacial score (nSPS) is 12.5. The topological polar surface area (TPSA) is 87.3 Å². The Kier molecular flexibility index (Phi) is 5.91. The maximum Gasteiger partial charge on any atom is 0.234 e. The third-order valence-corrected chi connectivity index (χ3v) is 2.65. The van der Waals surface area contributed by atoms with Crippen LogP contribution in [0.2, 0.25) is 0 Å². The van der Waals surface area contributed by atoms with Gasteiger partial charge < -0.3 is 10.6 Å². The number of likely N-dealkylation sites (N-methyl/N-ethyl adjacent to an activating group) is 1. The number of hydrogen-bond donors (Lipinski definition) is 3. The van der Waals surface area contributed by atoms with E-state index in [0.717, 1.165) is 12.8 Å². The van der Waals surface area contributed by atoms with Gasteiger partial charge in [0.1, 0.15) is 0 Å². The molecule has 0 rings (SSSR count). The van der Waals surface area contributed by atoms with Crippen LogP contribution in [0, 0.1) is 0 Å². The first kappa shape index (κ1) is 15.3. The van der Waals surface area contributed by atoms with Crippen LogP contribution in [-0.4, -0.2) is 45.8 Å². The number of amides is 1. The van der Waals surface area contributed by atoms with Crippen LogP contribution in [0.15, 0.2) is 0 Å². The standard InChI is InChI=1S/C9H21N3O3S/c1-5-10-6-8(13)11-7-9(2,3)12-16(4,14)15/h10,12H,5-7H2,1-4H3,(H,11,13). The van der Waals surface area contributed by atoms with Crippen LogP contribution in [0.4, 0.5) is 0 Å². The van der Waals surface area contributed by atoms with E-state index in [1.807, 2.05) is 6.92 Å². The van der Waals surface area contributed by atoms with Gasteiger partial charge in [-0.25, -0.2) is 13.1 Å². The summed E-state index contributed by atoms with van der Waals surface area (Å²) in [6.45, 7) is 6.54. The summed E-state index contributed by atoms with van der Waals surface area (Å²) < 4.78 is 24.5. The molecule has 7 heteroatoms. The van der Waals surface area contributed by atoms with E-state index in [-0.39, 0.29) is 19.0 Å². The van der Waals surface area contributed by atoms with E-state index in [2.05, 4.69) is 15.4 Å². The summed E-state index contributed by atoms with van der Waals surface area (Å²) in [5, 5.41) is 5.53. The van der Waals surface area contributed by atoms with Crippen molar-refractivity contribution in [3.05, 3.63) is 0 Å². The molecule has 0 bridgehead atoms. The molecule has 6 nitrogen and oxygen atoms in total. The average Bonchev–Trinajstić information content (AvgIpc) is 2.07. The number of sulfonamides is 1. The summed E-state index contributed by atoms with van der Waals surface area (Å²) in [7, 11) is -3.26. The monoisotopic (exact) mass is 251 g/mol. The molecule has 1 amide bonds. The fourth-order valence-electron chi connectivity index (χ4n) is 1.16. The zero-order chi connectivity index (χ0) is 12.8. The summed E-state index contributed by atoms with van der Waals surface area (Å²) in [4.78, 5) is 11.3. The molecule has 0 aliphatic carbocycles. The molecule has 0 aliphatic heterocycles. The minimum atomic E-state index is -3.26. The zero-order valence-corrected chi connectivity index (χ0v) is 11.1. The van der Waals surface area contributed by atoms with Crippen molar-refractivity contribution < 1.29 is 13.2 Å². The van der Waals surface area contributed by atoms with Crippen molar-refractivity contribution in [1.29, 1.82) is 0 Å². The first-order valence-electron chi connectivity index (χ1n) is 5.12. The van der Waals surface area contributed by atoms with E-state index >= 15 is 0 Å². The highest BCUT2D eigenvalue weighted by atomic mass is 32.2. The van der Waals surface area contributed by atoms with Gasteiger partial charge in [0.25, 0.3) is 0 Å². The summed E-state index contributed by atoms with van der Waals surface area (Å²) in [6, 6.07) is 0. The smallest absolute Gasteiger partial charge is 0.234 e. The number of hydrogen-bond acceptors (Lipinski definition) is 4. The third kappa shape index (κ3) is 8.63. The van der Waals surface area contributed by atoms with Gasteiger partial charge in [0.2, 0.25) is 15.9 Å². The van der Waals surface area contributed by atoms with Gasteiger partial charge in [0.15, 0.2) is 0 Å². The maximum atomic E-state index is 11.3. The van der Waals surface area contributed by atoms with Crippen LogP contribution in [-0.2, 0) is 14.8 Å². The molecular formula is C9H21N3O3S. The Morgan fingerprint density at radius 3 is 2.31 bits per heavy atom. The van der Waals surface area contributed by atoms with Crippen LogP contribution in [0.5, 0.6) is 0 Å². The highest BCUT2D eigenvalue weighted by molar-refractivity contribution is 7.88. The van der Waals surface area contributed by atoms with Crippen molar-refractivity contribution in [3.63, 3.8) is 0 Å². The maximum absolute atomic E-state index is 11.3. The third-order valence-electron chi connectivity index (χ3n) is 1.72. The Hall–Kier alpha value is -0.660. The Labute approximate surface area is 97.2 Å². The second kappa shape index (κ2) is 6.17. The number of nitrogens with one attached hydrogen (secondary N) is 3. The lowest BCUT2D eigenvalue weighted by atomic mass is 10.1. The van der Waals surface area contributed by atoms with E-state index in [4.69, 9.17) is 0 Å². The SMILES string of the molecule is CCNCC(=O)NCC(C)(C)NS(C)(=O)=O. The van der Waals surface area contributed by atoms with Crippen molar-refractivity contribution in [2.24, 2.45) is 0 Å². The predicted molar refractivity (Wildman–Crippen MR) is 63.6 cm³/mol. The lowest BCUT2D eigenvalue weighted by molar-refractivity contribution is -0.120. The molecule has 0 aromatic rings. The molecule has 0 aromatic carbocycles. The lowest BCUT2D eigenvalue weighted by Gasteiger charge is -2.25. The fraction of sp³-hybridized carbons (Fsp3) is 0.889. The van der Waals surface area contributed by atoms with Crippen molar-refractivity contribution in [2.45, 2.75) is 26.3 Å². The Bertz CT molecular complexity index is 325. The summed E-state index contributed by atoms with van der Waals surface area (Å²) in [5.74, 6) is -0.148. The van der Waals surface area contributed by atoms with Crippen molar-refractivity contribution in [1.82, 2.24) is 15.4 Å². The highest BCUT2D eigenvalue weighted by Crippen LogP contribution is 2.01. The molecule has 0 saturated heterocycles. The van der Waals surface area contributed by atoms with Gasteiger partial charge in [-0.2, -0.15) is 0 Å². The minimum absolute atomic E-state index is 0.148. The van der Waals surface area contributed by atoms with Crippen LogP contribution < -0.4 is 15.4 Å². The Morgan fingerprint density at radius 2 is 1.88 bits per heavy atom. The van der Waals surface area contributed by atoms with E-state index < -0.39 is 15.6 Å². The molecular weight excluding hydrogens is 230 g/mol. The van der Waals surface area contributed by atoms with Crippen LogP contribution in [0.1, 0.15) is 20.8 Å². The van der Waals surface area contributed by atoms with Gasteiger partial charge in [-0.1, -0.05) is 6.92 Å². The van der Waals surface area contributed by atoms with Crippen molar-refractivity contribution in [3.8, 4) is 0 Å². The molecule has 16 heavy (non-hydrogen) atoms. The minimum Gasteiger partial charge on any atom is -0.353 e. The van der Waals surface area contributed by atoms with Crippen LogP contribution >= 0.6 is 0 Å². The van der Waals surface area contributed by atoms with E-state index in [9.17, 15) is 13.2 Å². The highest BCUT2D eigenvalue weighted by Gasteiger charge is 2.22. The summed E-state index contributed by atoms with van der Waals surface area (Å²) in [6.07, 6.45) is 1.09. The predicted octanol–water partition coefficient (Wildman–Crippen LogP) is -0.960. The van der Waals surface area contributed by atoms with E-state index in [1.54, 1.807) is 13.8 Å². The van der Waals surface area contributed by atoms with Gasteiger partial charge in [0.05, 0.1) is 12.8 Å². The number of carbonyl (C=O) groups is 1. The number of carbonyl (C=O) groups excluding carboxylic acids is 1. The Morgan fingerprint density at radius 1 is 1.31 bits per heavy atom. The lowest BCUT2D eigenvalue weighted by Crippen LogP contribution is -2.52. The van der Waals surface area contributed by atoms with E-state index in [0.29, 0.717) is 0 Å². The molecule has 3 N–H and O–H groups in total. The average molecular weight is 251 g/mol. The van der Waals surface area contributed by atoms with Gasteiger partial charge in [-0.15, -0.1) is 0 Å². The van der Waals surface area contributed by atoms with Crippen LogP contribution in [0.25, 0.3) is 0 Å². The molecule has 0 aromatic heterocycles. The zero-order valence-electron chi connectivity index (χ0n) is 10.3. The van der Waals surface area contributed by atoms with E-state index in [1.165, 1.54) is 0 Å². The number of rotatable bonds is 7.